The zero-order valence-corrected chi connectivity index (χ0v) is 18.1. The first kappa shape index (κ1) is 20.8. The van der Waals surface area contributed by atoms with Crippen molar-refractivity contribution in [3.05, 3.63) is 24.8 Å². The molecule has 2 aromatic rings. The summed E-state index contributed by atoms with van der Waals surface area (Å²) in [5.74, 6) is 0.385. The number of hydrogen-bond acceptors (Lipinski definition) is 8. The number of allylic oxidation sites excluding steroid dienone is 1. The molecule has 0 radical (unpaired) electrons. The summed E-state index contributed by atoms with van der Waals surface area (Å²) in [6.07, 6.45) is 11.2. The zero-order chi connectivity index (χ0) is 21.3. The largest absolute Gasteiger partial charge is 0.390 e. The van der Waals surface area contributed by atoms with Crippen molar-refractivity contribution in [2.75, 3.05) is 58.2 Å². The van der Waals surface area contributed by atoms with E-state index >= 15 is 0 Å². The van der Waals surface area contributed by atoms with Crippen LogP contribution in [0, 0.1) is 5.41 Å². The second kappa shape index (κ2) is 8.82. The predicted molar refractivity (Wildman–Crippen MR) is 119 cm³/mol. The molecule has 0 bridgehead atoms. The summed E-state index contributed by atoms with van der Waals surface area (Å²) in [6, 6.07) is -0.0550. The summed E-state index contributed by atoms with van der Waals surface area (Å²) >= 11 is 0. The van der Waals surface area contributed by atoms with Gasteiger partial charge >= 0.3 is 0 Å². The molecule has 2 fully saturated rings. The number of rotatable bonds is 4. The maximum atomic E-state index is 11.7. The van der Waals surface area contributed by atoms with Crippen molar-refractivity contribution in [2.24, 2.45) is 5.41 Å². The highest BCUT2D eigenvalue weighted by Gasteiger charge is 2.46. The molecule has 1 saturated carbocycles. The number of morpholine rings is 1. The number of aliphatic hydroxyl groups is 1. The topological polar surface area (TPSA) is 106 Å². The maximum absolute atomic E-state index is 11.7. The lowest BCUT2D eigenvalue weighted by atomic mass is 9.67. The van der Waals surface area contributed by atoms with Crippen molar-refractivity contribution >= 4 is 17.0 Å². The smallest absolute Gasteiger partial charge is 0.165 e. The fourth-order valence-electron chi connectivity index (χ4n) is 5.57. The van der Waals surface area contributed by atoms with Crippen LogP contribution in [-0.2, 0) is 4.74 Å². The van der Waals surface area contributed by atoms with Crippen LogP contribution in [0.2, 0.25) is 0 Å². The van der Waals surface area contributed by atoms with E-state index in [2.05, 4.69) is 36.9 Å². The third-order valence-electron chi connectivity index (χ3n) is 7.34. The second-order valence-electron chi connectivity index (χ2n) is 9.21. The molecule has 2 aromatic heterocycles. The molecular formula is C22H33N7O2. The van der Waals surface area contributed by atoms with Crippen LogP contribution in [0.25, 0.3) is 11.2 Å². The predicted octanol–water partition coefficient (Wildman–Crippen LogP) is 1.07. The molecule has 3 N–H and O–H groups in total. The number of imidazole rings is 1. The summed E-state index contributed by atoms with van der Waals surface area (Å²) in [5.41, 5.74) is 7.15. The van der Waals surface area contributed by atoms with Gasteiger partial charge in [0, 0.05) is 44.7 Å². The molecule has 5 rings (SSSR count). The van der Waals surface area contributed by atoms with E-state index < -0.39 is 6.10 Å². The van der Waals surface area contributed by atoms with Gasteiger partial charge in [-0.05, 0) is 19.3 Å². The molecule has 168 valence electrons. The van der Waals surface area contributed by atoms with Crippen LogP contribution in [-0.4, -0.2) is 93.0 Å². The first-order chi connectivity index (χ1) is 15.2. The van der Waals surface area contributed by atoms with Gasteiger partial charge in [-0.25, -0.2) is 15.0 Å². The Kier molecular flexibility index (Phi) is 5.92. The van der Waals surface area contributed by atoms with Crippen LogP contribution in [0.5, 0.6) is 0 Å². The van der Waals surface area contributed by atoms with Gasteiger partial charge in [0.05, 0.1) is 31.7 Å². The Bertz CT molecular complexity index is 926. The van der Waals surface area contributed by atoms with Crippen LogP contribution in [0.3, 0.4) is 0 Å². The SMILES string of the molecule is Nc1ncnc2c1ncn2[C@@H]1CCC[C@]2(CC=CCN(CCN3CCOCC3)C2)[C@H]1O. The summed E-state index contributed by atoms with van der Waals surface area (Å²) in [5, 5.41) is 11.7. The number of nitrogens with zero attached hydrogens (tertiary/aromatic N) is 6. The third kappa shape index (κ3) is 4.07. The van der Waals surface area contributed by atoms with Gasteiger partial charge < -0.3 is 20.1 Å². The molecule has 4 heterocycles. The van der Waals surface area contributed by atoms with Gasteiger partial charge in [-0.15, -0.1) is 0 Å². The van der Waals surface area contributed by atoms with Gasteiger partial charge in [0.2, 0.25) is 0 Å². The van der Waals surface area contributed by atoms with Gasteiger partial charge in [0.15, 0.2) is 11.5 Å². The van der Waals surface area contributed by atoms with Gasteiger partial charge in [0.25, 0.3) is 0 Å². The molecule has 1 saturated heterocycles. The fourth-order valence-corrected chi connectivity index (χ4v) is 5.57. The van der Waals surface area contributed by atoms with E-state index in [1.807, 2.05) is 4.57 Å². The molecule has 3 atom stereocenters. The van der Waals surface area contributed by atoms with Crippen molar-refractivity contribution in [3.63, 3.8) is 0 Å². The highest BCUT2D eigenvalue weighted by atomic mass is 16.5. The average molecular weight is 428 g/mol. The number of hydrogen-bond donors (Lipinski definition) is 2. The van der Waals surface area contributed by atoms with E-state index in [1.165, 1.54) is 6.33 Å². The quantitative estimate of drug-likeness (QED) is 0.698. The van der Waals surface area contributed by atoms with Gasteiger partial charge in [-0.2, -0.15) is 0 Å². The Balaban J connectivity index is 1.34. The number of nitrogens with two attached hydrogens (primary N) is 1. The van der Waals surface area contributed by atoms with Crippen LogP contribution < -0.4 is 5.73 Å². The monoisotopic (exact) mass is 427 g/mol. The Hall–Kier alpha value is -2.07. The van der Waals surface area contributed by atoms with E-state index in [9.17, 15) is 5.11 Å². The van der Waals surface area contributed by atoms with Crippen molar-refractivity contribution in [1.82, 2.24) is 29.3 Å². The first-order valence-electron chi connectivity index (χ1n) is 11.4. The number of anilines is 1. The molecule has 3 aliphatic rings. The van der Waals surface area contributed by atoms with Crippen LogP contribution >= 0.6 is 0 Å². The van der Waals surface area contributed by atoms with E-state index in [-0.39, 0.29) is 11.5 Å². The van der Waals surface area contributed by atoms with Gasteiger partial charge in [-0.3, -0.25) is 9.80 Å². The first-order valence-corrected chi connectivity index (χ1v) is 11.4. The normalized spacial score (nSPS) is 30.7. The molecule has 0 unspecified atom stereocenters. The number of fused-ring (bicyclic) bond motifs is 1. The minimum absolute atomic E-state index is 0.0550. The maximum Gasteiger partial charge on any atom is 0.165 e. The van der Waals surface area contributed by atoms with E-state index in [0.29, 0.717) is 17.0 Å². The molecule has 9 nitrogen and oxygen atoms in total. The Morgan fingerprint density at radius 2 is 1.97 bits per heavy atom. The molecule has 2 aliphatic heterocycles. The summed E-state index contributed by atoms with van der Waals surface area (Å²) in [6.45, 7) is 7.61. The van der Waals surface area contributed by atoms with E-state index in [1.54, 1.807) is 6.33 Å². The van der Waals surface area contributed by atoms with Crippen molar-refractivity contribution < 1.29 is 9.84 Å². The Morgan fingerprint density at radius 1 is 1.13 bits per heavy atom. The lowest BCUT2D eigenvalue weighted by Gasteiger charge is -2.47. The van der Waals surface area contributed by atoms with E-state index in [0.717, 1.165) is 78.2 Å². The van der Waals surface area contributed by atoms with Gasteiger partial charge in [0.1, 0.15) is 11.8 Å². The molecule has 9 heteroatoms. The summed E-state index contributed by atoms with van der Waals surface area (Å²) in [7, 11) is 0. The highest BCUT2D eigenvalue weighted by Crippen LogP contribution is 2.46. The standard InChI is InChI=1S/C22H33N7O2/c23-20-18-21(25-15-24-20)29(16-26-18)17-4-3-6-22(19(17)30)5-1-2-7-28(14-22)9-8-27-10-12-31-13-11-27/h1-2,15-17,19,30H,3-14H2,(H2,23,24,25)/t17-,19+,22+/m1/s1. The average Bonchev–Trinajstić information content (AvgIpc) is 3.12. The number of aromatic nitrogens is 4. The van der Waals surface area contributed by atoms with E-state index in [4.69, 9.17) is 10.5 Å². The number of nitrogen functional groups attached to an aromatic ring is 1. The molecule has 1 spiro atoms. The van der Waals surface area contributed by atoms with Crippen LogP contribution in [0.15, 0.2) is 24.8 Å². The summed E-state index contributed by atoms with van der Waals surface area (Å²) in [4.78, 5) is 17.9. The lowest BCUT2D eigenvalue weighted by Crippen LogP contribution is -2.51. The highest BCUT2D eigenvalue weighted by molar-refractivity contribution is 5.81. The zero-order valence-electron chi connectivity index (χ0n) is 18.1. The minimum Gasteiger partial charge on any atom is -0.390 e. The van der Waals surface area contributed by atoms with Crippen LogP contribution in [0.1, 0.15) is 31.7 Å². The second-order valence-corrected chi connectivity index (χ2v) is 9.21. The van der Waals surface area contributed by atoms with Crippen molar-refractivity contribution in [3.8, 4) is 0 Å². The van der Waals surface area contributed by atoms with Crippen LogP contribution in [0.4, 0.5) is 5.82 Å². The number of aliphatic hydroxyl groups excluding tert-OH is 1. The molecule has 0 aromatic carbocycles. The molecular weight excluding hydrogens is 394 g/mol. The Labute approximate surface area is 182 Å². The third-order valence-corrected chi connectivity index (χ3v) is 7.34. The molecule has 1 aliphatic carbocycles. The van der Waals surface area contributed by atoms with Crippen molar-refractivity contribution in [1.29, 1.82) is 0 Å². The summed E-state index contributed by atoms with van der Waals surface area (Å²) < 4.78 is 7.50. The Morgan fingerprint density at radius 3 is 2.84 bits per heavy atom. The molecule has 31 heavy (non-hydrogen) atoms. The van der Waals surface area contributed by atoms with Crippen molar-refractivity contribution in [2.45, 2.75) is 37.8 Å². The molecule has 0 amide bonds. The lowest BCUT2D eigenvalue weighted by molar-refractivity contribution is -0.0611. The number of ether oxygens (including phenoxy) is 1. The van der Waals surface area contributed by atoms with Gasteiger partial charge in [-0.1, -0.05) is 18.6 Å². The fraction of sp³-hybridized carbons (Fsp3) is 0.682. The minimum atomic E-state index is -0.469.